The molecule has 5 heteroatoms. The van der Waals surface area contributed by atoms with Gasteiger partial charge in [-0.2, -0.15) is 0 Å². The van der Waals surface area contributed by atoms with Crippen molar-refractivity contribution >= 4 is 34.2 Å². The Kier molecular flexibility index (Phi) is 3.42. The zero-order valence-corrected chi connectivity index (χ0v) is 11.8. The molecule has 0 fully saturated rings. The number of halogens is 3. The molecule has 0 aliphatic rings. The maximum atomic E-state index is 13.2. The van der Waals surface area contributed by atoms with Crippen LogP contribution in [0.15, 0.2) is 46.9 Å². The maximum absolute atomic E-state index is 13.2. The molecule has 0 spiro atoms. The van der Waals surface area contributed by atoms with E-state index in [2.05, 4.69) is 0 Å². The third-order valence-electron chi connectivity index (χ3n) is 3.14. The first-order valence-corrected chi connectivity index (χ1v) is 6.70. The maximum Gasteiger partial charge on any atom is 0.141 e. The van der Waals surface area contributed by atoms with Crippen LogP contribution in [0.2, 0.25) is 10.0 Å². The third-order valence-corrected chi connectivity index (χ3v) is 3.76. The van der Waals surface area contributed by atoms with Crippen LogP contribution in [0.1, 0.15) is 17.4 Å². The molecular weight excluding hydrogens is 300 g/mol. The van der Waals surface area contributed by atoms with Crippen molar-refractivity contribution in [1.82, 2.24) is 0 Å². The van der Waals surface area contributed by atoms with Gasteiger partial charge >= 0.3 is 0 Å². The van der Waals surface area contributed by atoms with Gasteiger partial charge in [-0.25, -0.2) is 4.39 Å². The first-order chi connectivity index (χ1) is 9.56. The molecule has 0 radical (unpaired) electrons. The van der Waals surface area contributed by atoms with Crippen LogP contribution in [0.3, 0.4) is 0 Å². The lowest BCUT2D eigenvalue weighted by atomic mass is 10.1. The fourth-order valence-corrected chi connectivity index (χ4v) is 2.48. The fourth-order valence-electron chi connectivity index (χ4n) is 2.07. The van der Waals surface area contributed by atoms with Crippen LogP contribution in [0.25, 0.3) is 11.0 Å². The lowest BCUT2D eigenvalue weighted by Crippen LogP contribution is -2.10. The molecule has 102 valence electrons. The largest absolute Gasteiger partial charge is 0.459 e. The SMILES string of the molecule is NC(c1ccc(F)c(Cl)c1)c1cc2c(Cl)cccc2o1. The van der Waals surface area contributed by atoms with E-state index < -0.39 is 11.9 Å². The smallest absolute Gasteiger partial charge is 0.141 e. The normalized spacial score (nSPS) is 12.8. The van der Waals surface area contributed by atoms with E-state index in [1.807, 2.05) is 6.07 Å². The first-order valence-electron chi connectivity index (χ1n) is 5.95. The standard InChI is InChI=1S/C15H10Cl2FNO/c16-10-2-1-3-13-9(10)7-14(20-13)15(19)8-4-5-12(18)11(17)6-8/h1-7,15H,19H2. The van der Waals surface area contributed by atoms with Crippen LogP contribution < -0.4 is 5.73 Å². The van der Waals surface area contributed by atoms with E-state index in [4.69, 9.17) is 33.4 Å². The van der Waals surface area contributed by atoms with Crippen LogP contribution in [-0.4, -0.2) is 0 Å². The van der Waals surface area contributed by atoms with Crippen LogP contribution in [-0.2, 0) is 0 Å². The fraction of sp³-hybridized carbons (Fsp3) is 0.0667. The van der Waals surface area contributed by atoms with E-state index >= 15 is 0 Å². The number of hydrogen-bond acceptors (Lipinski definition) is 2. The minimum absolute atomic E-state index is 0.0343. The van der Waals surface area contributed by atoms with E-state index in [0.717, 1.165) is 5.39 Å². The predicted octanol–water partition coefficient (Wildman–Crippen LogP) is 4.93. The van der Waals surface area contributed by atoms with Crippen molar-refractivity contribution < 1.29 is 8.81 Å². The van der Waals surface area contributed by atoms with Crippen molar-refractivity contribution in [3.63, 3.8) is 0 Å². The molecule has 2 N–H and O–H groups in total. The lowest BCUT2D eigenvalue weighted by molar-refractivity contribution is 0.524. The molecule has 1 aromatic heterocycles. The van der Waals surface area contributed by atoms with Gasteiger partial charge in [-0.3, -0.25) is 0 Å². The van der Waals surface area contributed by atoms with Gasteiger partial charge in [0, 0.05) is 5.39 Å². The molecular formula is C15H10Cl2FNO. The van der Waals surface area contributed by atoms with Gasteiger partial charge in [0.1, 0.15) is 17.2 Å². The molecule has 0 aliphatic carbocycles. The van der Waals surface area contributed by atoms with Crippen molar-refractivity contribution in [2.24, 2.45) is 5.73 Å². The summed E-state index contributed by atoms with van der Waals surface area (Å²) < 4.78 is 18.9. The Hall–Kier alpha value is -1.55. The average molecular weight is 310 g/mol. The van der Waals surface area contributed by atoms with Crippen LogP contribution >= 0.6 is 23.2 Å². The number of rotatable bonds is 2. The molecule has 1 unspecified atom stereocenters. The minimum Gasteiger partial charge on any atom is -0.459 e. The second kappa shape index (κ2) is 5.09. The monoisotopic (exact) mass is 309 g/mol. The molecule has 0 saturated carbocycles. The van der Waals surface area contributed by atoms with Gasteiger partial charge in [0.25, 0.3) is 0 Å². The molecule has 2 aromatic carbocycles. The second-order valence-electron chi connectivity index (χ2n) is 4.45. The van der Waals surface area contributed by atoms with E-state index in [-0.39, 0.29) is 5.02 Å². The molecule has 1 heterocycles. The summed E-state index contributed by atoms with van der Waals surface area (Å²) in [6, 6.07) is 11.0. The Morgan fingerprint density at radius 2 is 1.85 bits per heavy atom. The van der Waals surface area contributed by atoms with Crippen molar-refractivity contribution in [3.05, 3.63) is 69.7 Å². The Bertz CT molecular complexity index is 785. The van der Waals surface area contributed by atoms with Crippen molar-refractivity contribution in [1.29, 1.82) is 0 Å². The zero-order valence-electron chi connectivity index (χ0n) is 10.2. The van der Waals surface area contributed by atoms with Gasteiger partial charge in [-0.15, -0.1) is 0 Å². The molecule has 0 saturated heterocycles. The Morgan fingerprint density at radius 1 is 1.05 bits per heavy atom. The van der Waals surface area contributed by atoms with Gasteiger partial charge < -0.3 is 10.2 Å². The number of furan rings is 1. The summed E-state index contributed by atoms with van der Waals surface area (Å²) >= 11 is 11.9. The molecule has 3 aromatic rings. The average Bonchev–Trinajstić information content (AvgIpc) is 2.86. The Morgan fingerprint density at radius 3 is 2.55 bits per heavy atom. The lowest BCUT2D eigenvalue weighted by Gasteiger charge is -2.09. The van der Waals surface area contributed by atoms with E-state index in [1.165, 1.54) is 12.1 Å². The molecule has 2 nitrogen and oxygen atoms in total. The highest BCUT2D eigenvalue weighted by molar-refractivity contribution is 6.35. The van der Waals surface area contributed by atoms with E-state index in [1.54, 1.807) is 24.3 Å². The van der Waals surface area contributed by atoms with E-state index in [9.17, 15) is 4.39 Å². The molecule has 3 rings (SSSR count). The highest BCUT2D eigenvalue weighted by atomic mass is 35.5. The molecule has 0 aliphatic heterocycles. The summed E-state index contributed by atoms with van der Waals surface area (Å²) in [5, 5.41) is 1.43. The summed E-state index contributed by atoms with van der Waals surface area (Å²) in [7, 11) is 0. The predicted molar refractivity (Wildman–Crippen MR) is 78.7 cm³/mol. The van der Waals surface area contributed by atoms with E-state index in [0.29, 0.717) is 21.9 Å². The van der Waals surface area contributed by atoms with Crippen LogP contribution in [0, 0.1) is 5.82 Å². The topological polar surface area (TPSA) is 39.2 Å². The molecule has 1 atom stereocenters. The number of fused-ring (bicyclic) bond motifs is 1. The third kappa shape index (κ3) is 2.29. The highest BCUT2D eigenvalue weighted by Gasteiger charge is 2.16. The highest BCUT2D eigenvalue weighted by Crippen LogP contribution is 2.31. The van der Waals surface area contributed by atoms with Gasteiger partial charge in [0.15, 0.2) is 0 Å². The first kappa shape index (κ1) is 13.4. The van der Waals surface area contributed by atoms with Crippen molar-refractivity contribution in [2.75, 3.05) is 0 Å². The molecule has 0 amide bonds. The van der Waals surface area contributed by atoms with Gasteiger partial charge in [0.05, 0.1) is 16.1 Å². The van der Waals surface area contributed by atoms with Crippen molar-refractivity contribution in [3.8, 4) is 0 Å². The van der Waals surface area contributed by atoms with Gasteiger partial charge in [-0.1, -0.05) is 35.3 Å². The molecule has 0 bridgehead atoms. The van der Waals surface area contributed by atoms with Crippen molar-refractivity contribution in [2.45, 2.75) is 6.04 Å². The number of benzene rings is 2. The molecule has 20 heavy (non-hydrogen) atoms. The Labute approximate surface area is 124 Å². The zero-order chi connectivity index (χ0) is 14.3. The summed E-state index contributed by atoms with van der Waals surface area (Å²) in [6.07, 6.45) is 0. The Balaban J connectivity index is 2.05. The quantitative estimate of drug-likeness (QED) is 0.729. The second-order valence-corrected chi connectivity index (χ2v) is 5.27. The number of hydrogen-bond donors (Lipinski definition) is 1. The van der Waals surface area contributed by atoms with Gasteiger partial charge in [-0.05, 0) is 35.9 Å². The van der Waals surface area contributed by atoms with Crippen LogP contribution in [0.4, 0.5) is 4.39 Å². The summed E-state index contributed by atoms with van der Waals surface area (Å²) in [5.74, 6) is 0.0750. The summed E-state index contributed by atoms with van der Waals surface area (Å²) in [4.78, 5) is 0. The van der Waals surface area contributed by atoms with Gasteiger partial charge in [0.2, 0.25) is 0 Å². The summed E-state index contributed by atoms with van der Waals surface area (Å²) in [5.41, 5.74) is 7.47. The van der Waals surface area contributed by atoms with Crippen LogP contribution in [0.5, 0.6) is 0 Å². The minimum atomic E-state index is -0.531. The summed E-state index contributed by atoms with van der Waals surface area (Å²) in [6.45, 7) is 0. The number of nitrogens with two attached hydrogens (primary N) is 1.